The van der Waals surface area contributed by atoms with E-state index in [0.717, 1.165) is 23.8 Å². The third kappa shape index (κ3) is 3.32. The first-order valence-corrected chi connectivity index (χ1v) is 8.49. The molecule has 0 bridgehead atoms. The Morgan fingerprint density at radius 3 is 2.26 bits per heavy atom. The normalized spacial score (nSPS) is 29.4. The van der Waals surface area contributed by atoms with Crippen LogP contribution >= 0.6 is 0 Å². The first kappa shape index (κ1) is 15.3. The predicted molar refractivity (Wildman–Crippen MR) is 87.2 cm³/mol. The van der Waals surface area contributed by atoms with Gasteiger partial charge in [0.25, 0.3) is 0 Å². The standard InChI is InChI=1S/C17H32BN/c1-4-17(3,5-2)12-19-16-10-9-14(16)15(11-18)13-7-6-8-13/h11,13-16,18-19H,4-10,12H2,1-3H3/t14-,15?,16?/m0/s1. The zero-order valence-electron chi connectivity index (χ0n) is 13.3. The van der Waals surface area contributed by atoms with Gasteiger partial charge in [0, 0.05) is 0 Å². The van der Waals surface area contributed by atoms with Gasteiger partial charge in [-0.1, -0.05) is 0 Å². The summed E-state index contributed by atoms with van der Waals surface area (Å²) in [7, 11) is 4.11. The van der Waals surface area contributed by atoms with E-state index in [1.165, 1.54) is 51.5 Å². The van der Waals surface area contributed by atoms with Crippen LogP contribution in [0.3, 0.4) is 0 Å². The van der Waals surface area contributed by atoms with E-state index in [1.54, 1.807) is 0 Å². The van der Waals surface area contributed by atoms with Crippen molar-refractivity contribution in [2.45, 2.75) is 71.8 Å². The maximum absolute atomic E-state index is 4.11. The number of rotatable bonds is 8. The molecule has 0 amide bonds. The molecule has 0 radical (unpaired) electrons. The number of hydrogen-bond acceptors (Lipinski definition) is 1. The van der Waals surface area contributed by atoms with Crippen molar-refractivity contribution in [3.05, 3.63) is 0 Å². The summed E-state index contributed by atoms with van der Waals surface area (Å²) in [4.78, 5) is 0. The molecule has 3 atom stereocenters. The molecule has 19 heavy (non-hydrogen) atoms. The Hall–Kier alpha value is -0.105. The van der Waals surface area contributed by atoms with Gasteiger partial charge in [0.05, 0.1) is 0 Å². The molecule has 2 saturated carbocycles. The molecule has 2 heteroatoms. The molecule has 0 saturated heterocycles. The summed E-state index contributed by atoms with van der Waals surface area (Å²) in [5.41, 5.74) is 0.486. The molecular formula is C17H32BN. The van der Waals surface area contributed by atoms with E-state index in [-0.39, 0.29) is 0 Å². The van der Waals surface area contributed by atoms with Gasteiger partial charge < -0.3 is 0 Å². The van der Waals surface area contributed by atoms with Gasteiger partial charge >= 0.3 is 120 Å². The van der Waals surface area contributed by atoms with Crippen LogP contribution in [0.25, 0.3) is 0 Å². The monoisotopic (exact) mass is 261 g/mol. The van der Waals surface area contributed by atoms with E-state index in [4.69, 9.17) is 0 Å². The topological polar surface area (TPSA) is 12.0 Å². The molecular weight excluding hydrogens is 229 g/mol. The van der Waals surface area contributed by atoms with Crippen LogP contribution in [0.5, 0.6) is 0 Å². The molecule has 1 nitrogen and oxygen atoms in total. The first-order valence-electron chi connectivity index (χ1n) is 8.49. The van der Waals surface area contributed by atoms with Gasteiger partial charge in [-0.05, 0) is 0 Å². The average Bonchev–Trinajstić information content (AvgIpc) is 2.34. The zero-order chi connectivity index (χ0) is 13.9. The van der Waals surface area contributed by atoms with Crippen molar-refractivity contribution in [3.63, 3.8) is 0 Å². The molecule has 0 heterocycles. The van der Waals surface area contributed by atoms with Crippen LogP contribution in [0.15, 0.2) is 0 Å². The van der Waals surface area contributed by atoms with Crippen molar-refractivity contribution < 1.29 is 0 Å². The van der Waals surface area contributed by atoms with E-state index in [0.29, 0.717) is 5.41 Å². The van der Waals surface area contributed by atoms with Gasteiger partial charge in [-0.2, -0.15) is 0 Å². The fraction of sp³-hybridized carbons (Fsp3) is 0.941. The van der Waals surface area contributed by atoms with E-state index in [2.05, 4.69) is 39.5 Å². The fourth-order valence-electron chi connectivity index (χ4n) is 3.66. The van der Waals surface area contributed by atoms with Crippen molar-refractivity contribution in [1.82, 2.24) is 5.32 Å². The minimum absolute atomic E-state index is 0.486. The molecule has 2 aliphatic carbocycles. The van der Waals surface area contributed by atoms with E-state index in [1.807, 2.05) is 0 Å². The molecule has 0 aromatic heterocycles. The third-order valence-electron chi connectivity index (χ3n) is 6.29. The Morgan fingerprint density at radius 1 is 1.21 bits per heavy atom. The van der Waals surface area contributed by atoms with E-state index >= 15 is 0 Å². The Balaban J connectivity index is 1.82. The van der Waals surface area contributed by atoms with Crippen LogP contribution in [-0.4, -0.2) is 26.0 Å². The number of nitrogens with one attached hydrogen (secondary N) is 1. The van der Waals surface area contributed by atoms with Gasteiger partial charge in [-0.25, -0.2) is 0 Å². The van der Waals surface area contributed by atoms with Crippen molar-refractivity contribution in [2.75, 3.05) is 6.54 Å². The van der Waals surface area contributed by atoms with Crippen LogP contribution < -0.4 is 5.32 Å². The van der Waals surface area contributed by atoms with Gasteiger partial charge in [0.1, 0.15) is 0 Å². The second kappa shape index (κ2) is 6.56. The molecule has 2 fully saturated rings. The van der Waals surface area contributed by atoms with Gasteiger partial charge in [-0.15, -0.1) is 0 Å². The van der Waals surface area contributed by atoms with Crippen molar-refractivity contribution >= 4 is 13.5 Å². The Bertz CT molecular complexity index is 294. The number of hydrogen-bond donors (Lipinski definition) is 1. The molecule has 0 aromatic rings. The Morgan fingerprint density at radius 2 is 1.89 bits per heavy atom. The summed E-state index contributed by atoms with van der Waals surface area (Å²) in [6.07, 6.45) is 9.69. The Kier molecular flexibility index (Phi) is 5.28. The minimum atomic E-state index is 0.486. The second-order valence-corrected chi connectivity index (χ2v) is 7.25. The van der Waals surface area contributed by atoms with Crippen molar-refractivity contribution in [1.29, 1.82) is 0 Å². The molecule has 2 rings (SSSR count). The Labute approximate surface area is 121 Å². The van der Waals surface area contributed by atoms with Crippen LogP contribution in [0.1, 0.15) is 65.7 Å². The molecule has 0 aliphatic heterocycles. The van der Waals surface area contributed by atoms with Crippen LogP contribution in [0.2, 0.25) is 0 Å². The van der Waals surface area contributed by atoms with E-state index in [9.17, 15) is 0 Å². The second-order valence-electron chi connectivity index (χ2n) is 7.25. The molecule has 0 aromatic carbocycles. The summed E-state index contributed by atoms with van der Waals surface area (Å²) in [5.74, 6) is 4.88. The maximum atomic E-state index is 4.11. The predicted octanol–water partition coefficient (Wildman–Crippen LogP) is 3.30. The molecule has 108 valence electrons. The SMILES string of the molecule is B=CC(C1CCC1)[C@@H]1CCC1NCC(C)(CC)CC. The van der Waals surface area contributed by atoms with Gasteiger partial charge in [0.15, 0.2) is 0 Å². The fourth-order valence-corrected chi connectivity index (χ4v) is 3.66. The third-order valence-corrected chi connectivity index (χ3v) is 6.29. The first-order chi connectivity index (χ1) is 9.13. The summed E-state index contributed by atoms with van der Waals surface area (Å²) in [5, 5.41) is 3.88. The summed E-state index contributed by atoms with van der Waals surface area (Å²) < 4.78 is 0. The van der Waals surface area contributed by atoms with Crippen molar-refractivity contribution in [2.24, 2.45) is 23.2 Å². The van der Waals surface area contributed by atoms with Crippen LogP contribution in [0, 0.1) is 23.2 Å². The average molecular weight is 261 g/mol. The summed E-state index contributed by atoms with van der Waals surface area (Å²) in [6, 6.07) is 0.765. The van der Waals surface area contributed by atoms with Crippen LogP contribution in [-0.2, 0) is 0 Å². The molecule has 0 spiro atoms. The molecule has 2 unspecified atom stereocenters. The molecule has 2 aliphatic rings. The summed E-state index contributed by atoms with van der Waals surface area (Å²) >= 11 is 0. The van der Waals surface area contributed by atoms with Gasteiger partial charge in [-0.3, -0.25) is 0 Å². The van der Waals surface area contributed by atoms with Gasteiger partial charge in [0.2, 0.25) is 0 Å². The van der Waals surface area contributed by atoms with E-state index < -0.39 is 0 Å². The van der Waals surface area contributed by atoms with Crippen LogP contribution in [0.4, 0.5) is 0 Å². The quantitative estimate of drug-likeness (QED) is 0.661. The summed E-state index contributed by atoms with van der Waals surface area (Å²) in [6.45, 7) is 8.26. The van der Waals surface area contributed by atoms with Crippen molar-refractivity contribution in [3.8, 4) is 0 Å². The molecule has 1 N–H and O–H groups in total. The zero-order valence-corrected chi connectivity index (χ0v) is 13.3.